The van der Waals surface area contributed by atoms with Gasteiger partial charge in [0.05, 0.1) is 0 Å². The zero-order valence-electron chi connectivity index (χ0n) is 7.55. The normalized spacial score (nSPS) is 12.0. The molecule has 0 saturated heterocycles. The van der Waals surface area contributed by atoms with Crippen molar-refractivity contribution in [1.29, 1.82) is 0 Å². The highest BCUT2D eigenvalue weighted by molar-refractivity contribution is 6.78. The Morgan fingerprint density at radius 1 is 0.933 bits per heavy atom. The molecule has 0 amide bonds. The quantitative estimate of drug-likeness (QED) is 0.656. The summed E-state index contributed by atoms with van der Waals surface area (Å²) in [5, 5.41) is 0.481. The van der Waals surface area contributed by atoms with Gasteiger partial charge >= 0.3 is 6.98 Å². The summed E-state index contributed by atoms with van der Waals surface area (Å²) in [6, 6.07) is 9.22. The van der Waals surface area contributed by atoms with Crippen LogP contribution in [-0.4, -0.2) is 6.98 Å². The minimum absolute atomic E-state index is 0.164. The van der Waals surface area contributed by atoms with E-state index in [1.807, 2.05) is 0 Å². The van der Waals surface area contributed by atoms with Gasteiger partial charge in [0.1, 0.15) is 0 Å². The average molecular weight is 229 g/mol. The zero-order valence-corrected chi connectivity index (χ0v) is 8.31. The van der Waals surface area contributed by atoms with Crippen molar-refractivity contribution in [2.45, 2.75) is 0 Å². The van der Waals surface area contributed by atoms with Crippen molar-refractivity contribution in [3.05, 3.63) is 41.4 Å². The minimum Gasteiger partial charge on any atom is -0.445 e. The Kier molecular flexibility index (Phi) is 2.39. The largest absolute Gasteiger partial charge is 0.511 e. The molecule has 0 heterocycles. The van der Waals surface area contributed by atoms with Gasteiger partial charge in [-0.2, -0.15) is 0 Å². The highest BCUT2D eigenvalue weighted by Crippen LogP contribution is 2.23. The van der Waals surface area contributed by atoms with Gasteiger partial charge < -0.3 is 12.9 Å². The van der Waals surface area contributed by atoms with Gasteiger partial charge in [-0.1, -0.05) is 47.4 Å². The van der Waals surface area contributed by atoms with E-state index in [9.17, 15) is 12.9 Å². The Labute approximate surface area is 89.7 Å². The fraction of sp³-hybridized carbons (Fsp3) is 0. The lowest BCUT2D eigenvalue weighted by atomic mass is 9.77. The van der Waals surface area contributed by atoms with E-state index in [0.717, 1.165) is 0 Å². The molecule has 0 radical (unpaired) electrons. The first-order valence-corrected chi connectivity index (χ1v) is 4.75. The van der Waals surface area contributed by atoms with Crippen molar-refractivity contribution < 1.29 is 12.9 Å². The van der Waals surface area contributed by atoms with Crippen LogP contribution in [0.25, 0.3) is 10.8 Å². The Balaban J connectivity index is 2.86. The topological polar surface area (TPSA) is 0 Å². The molecule has 0 saturated carbocycles. The Morgan fingerprint density at radius 2 is 1.60 bits per heavy atom. The molecule has 0 unspecified atom stereocenters. The van der Waals surface area contributed by atoms with E-state index in [2.05, 4.69) is 0 Å². The van der Waals surface area contributed by atoms with Crippen LogP contribution in [-0.2, 0) is 0 Å². The van der Waals surface area contributed by atoms with Crippen molar-refractivity contribution in [1.82, 2.24) is 0 Å². The lowest BCUT2D eigenvalue weighted by Crippen LogP contribution is -2.35. The monoisotopic (exact) mass is 229 g/mol. The highest BCUT2D eigenvalue weighted by atomic mass is 35.5. The predicted molar refractivity (Wildman–Crippen MR) is 57.7 cm³/mol. The second kappa shape index (κ2) is 3.45. The summed E-state index contributed by atoms with van der Waals surface area (Å²) in [5.41, 5.74) is -0.699. The first-order chi connectivity index (χ1) is 7.00. The molecule has 0 aromatic heterocycles. The Hall–Kier alpha value is -1.16. The molecule has 0 bridgehead atoms. The standard InChI is InChI=1S/C10H6BClF3/c12-9-6-5-7-3-1-2-4-8(7)10(9)11(13,14)15/h1-6H/q-1. The summed E-state index contributed by atoms with van der Waals surface area (Å²) in [7, 11) is 0. The fourth-order valence-corrected chi connectivity index (χ4v) is 1.89. The molecule has 78 valence electrons. The maximum atomic E-state index is 12.8. The molecule has 0 atom stereocenters. The van der Waals surface area contributed by atoms with Crippen LogP contribution in [0, 0.1) is 0 Å². The van der Waals surface area contributed by atoms with E-state index < -0.39 is 12.4 Å². The summed E-state index contributed by atoms with van der Waals surface area (Å²) in [6.45, 7) is -5.07. The fourth-order valence-electron chi connectivity index (χ4n) is 1.60. The number of hydrogen-bond donors (Lipinski definition) is 0. The summed E-state index contributed by atoms with van der Waals surface area (Å²) >= 11 is 5.58. The molecule has 0 fully saturated rings. The van der Waals surface area contributed by atoms with E-state index in [4.69, 9.17) is 11.6 Å². The minimum atomic E-state index is -5.07. The third-order valence-electron chi connectivity index (χ3n) is 2.24. The molecule has 2 aromatic rings. The molecule has 2 rings (SSSR count). The second-order valence-electron chi connectivity index (χ2n) is 3.26. The number of halogens is 4. The van der Waals surface area contributed by atoms with Crippen LogP contribution < -0.4 is 5.46 Å². The Bertz CT molecular complexity index is 507. The average Bonchev–Trinajstić information content (AvgIpc) is 2.15. The van der Waals surface area contributed by atoms with Gasteiger partial charge in [0.15, 0.2) is 0 Å². The molecule has 5 heteroatoms. The number of fused-ring (bicyclic) bond motifs is 1. The molecule has 0 N–H and O–H groups in total. The van der Waals surface area contributed by atoms with Crippen molar-refractivity contribution in [2.24, 2.45) is 0 Å². The molecule has 0 spiro atoms. The predicted octanol–water partition coefficient (Wildman–Crippen LogP) is 3.55. The first kappa shape index (κ1) is 10.4. The highest BCUT2D eigenvalue weighted by Gasteiger charge is 2.29. The molecule has 0 aliphatic carbocycles. The molecule has 2 aromatic carbocycles. The smallest absolute Gasteiger partial charge is 0.445 e. The summed E-state index contributed by atoms with van der Waals surface area (Å²) < 4.78 is 38.3. The van der Waals surface area contributed by atoms with Crippen LogP contribution in [0.1, 0.15) is 0 Å². The van der Waals surface area contributed by atoms with Gasteiger partial charge in [-0.25, -0.2) is 0 Å². The van der Waals surface area contributed by atoms with Gasteiger partial charge in [0.25, 0.3) is 0 Å². The van der Waals surface area contributed by atoms with E-state index in [0.29, 0.717) is 5.39 Å². The lowest BCUT2D eigenvalue weighted by Gasteiger charge is -2.19. The van der Waals surface area contributed by atoms with Crippen molar-refractivity contribution in [3.63, 3.8) is 0 Å². The summed E-state index contributed by atoms with van der Waals surface area (Å²) in [6.07, 6.45) is 0. The second-order valence-corrected chi connectivity index (χ2v) is 3.66. The third kappa shape index (κ3) is 1.82. The van der Waals surface area contributed by atoms with Crippen LogP contribution >= 0.6 is 11.6 Å². The summed E-state index contributed by atoms with van der Waals surface area (Å²) in [5.74, 6) is 0. The van der Waals surface area contributed by atoms with Crippen molar-refractivity contribution in [3.8, 4) is 0 Å². The third-order valence-corrected chi connectivity index (χ3v) is 2.57. The van der Waals surface area contributed by atoms with E-state index in [-0.39, 0.29) is 10.4 Å². The molecule has 15 heavy (non-hydrogen) atoms. The SMILES string of the molecule is F[B-](F)(F)c1c(Cl)ccc2ccccc12. The van der Waals surface area contributed by atoms with E-state index in [1.165, 1.54) is 12.1 Å². The molecular weight excluding hydrogens is 223 g/mol. The van der Waals surface area contributed by atoms with E-state index in [1.54, 1.807) is 24.3 Å². The van der Waals surface area contributed by atoms with Gasteiger partial charge in [0, 0.05) is 5.02 Å². The zero-order chi connectivity index (χ0) is 11.1. The van der Waals surface area contributed by atoms with Crippen molar-refractivity contribution in [2.75, 3.05) is 0 Å². The van der Waals surface area contributed by atoms with Crippen molar-refractivity contribution >= 4 is 34.8 Å². The number of benzene rings is 2. The van der Waals surface area contributed by atoms with Gasteiger partial charge in [-0.3, -0.25) is 0 Å². The summed E-state index contributed by atoms with van der Waals surface area (Å²) in [4.78, 5) is 0. The maximum absolute atomic E-state index is 12.8. The van der Waals surface area contributed by atoms with E-state index >= 15 is 0 Å². The van der Waals surface area contributed by atoms with Crippen LogP contribution in [0.15, 0.2) is 36.4 Å². The van der Waals surface area contributed by atoms with Gasteiger partial charge in [-0.15, -0.1) is 0 Å². The van der Waals surface area contributed by atoms with Gasteiger partial charge in [-0.05, 0) is 16.8 Å². The number of rotatable bonds is 1. The maximum Gasteiger partial charge on any atom is 0.511 e. The molecule has 0 aliphatic heterocycles. The van der Waals surface area contributed by atoms with Crippen LogP contribution in [0.5, 0.6) is 0 Å². The Morgan fingerprint density at radius 3 is 2.27 bits per heavy atom. The number of hydrogen-bond acceptors (Lipinski definition) is 0. The van der Waals surface area contributed by atoms with Crippen LogP contribution in [0.2, 0.25) is 5.02 Å². The first-order valence-electron chi connectivity index (χ1n) is 4.37. The molecule has 0 nitrogen and oxygen atoms in total. The lowest BCUT2D eigenvalue weighted by molar-refractivity contribution is 0.502. The van der Waals surface area contributed by atoms with Crippen LogP contribution in [0.3, 0.4) is 0 Å². The molecular formula is C10H6BClF3-. The molecule has 0 aliphatic rings. The van der Waals surface area contributed by atoms with Crippen LogP contribution in [0.4, 0.5) is 12.9 Å². The van der Waals surface area contributed by atoms with Gasteiger partial charge in [0.2, 0.25) is 0 Å².